The molecule has 1 aliphatic rings. The summed E-state index contributed by atoms with van der Waals surface area (Å²) < 4.78 is 5.39. The van der Waals surface area contributed by atoms with Gasteiger partial charge in [-0.2, -0.15) is 0 Å². The van der Waals surface area contributed by atoms with E-state index in [0.717, 1.165) is 5.56 Å². The smallest absolute Gasteiger partial charge is 0.343 e. The lowest BCUT2D eigenvalue weighted by molar-refractivity contribution is -0.131. The molecule has 2 aromatic carbocycles. The van der Waals surface area contributed by atoms with E-state index in [2.05, 4.69) is 10.4 Å². The first-order valence-electron chi connectivity index (χ1n) is 8.53. The molecule has 7 nitrogen and oxygen atoms in total. The van der Waals surface area contributed by atoms with Crippen LogP contribution < -0.4 is 10.1 Å². The number of ether oxygens (including phenoxy) is 1. The summed E-state index contributed by atoms with van der Waals surface area (Å²) in [5.74, 6) is -0.574. The minimum atomic E-state index is -0.828. The molecule has 0 aliphatic carbocycles. The van der Waals surface area contributed by atoms with Crippen LogP contribution in [0.15, 0.2) is 59.7 Å². The van der Waals surface area contributed by atoms with Crippen LogP contribution >= 0.6 is 11.8 Å². The van der Waals surface area contributed by atoms with E-state index < -0.39 is 10.8 Å². The Bertz CT molecular complexity index is 944. The normalized spacial score (nSPS) is 18.4. The van der Waals surface area contributed by atoms with Crippen molar-refractivity contribution in [3.05, 3.63) is 65.7 Å². The molecule has 0 saturated carbocycles. The largest absolute Gasteiger partial charge is 0.423 e. The third-order valence-corrected chi connectivity index (χ3v) is 5.26. The monoisotopic (exact) mass is 397 g/mol. The molecule has 0 radical (unpaired) electrons. The molecule has 1 N–H and O–H groups in total. The van der Waals surface area contributed by atoms with Gasteiger partial charge in [0.15, 0.2) is 5.17 Å². The number of hydrogen-bond acceptors (Lipinski definition) is 6. The van der Waals surface area contributed by atoms with Crippen molar-refractivity contribution in [2.45, 2.75) is 25.6 Å². The van der Waals surface area contributed by atoms with Crippen LogP contribution in [0, 0.1) is 0 Å². The molecule has 1 heterocycles. The molecule has 144 valence electrons. The molecule has 0 spiro atoms. The maximum absolute atomic E-state index is 12.2. The first-order chi connectivity index (χ1) is 13.3. The number of carbonyl (C=O) groups excluding carboxylic acids is 3. The molecule has 2 amide bonds. The number of amidine groups is 1. The molecule has 0 bridgehead atoms. The fraction of sp³-hybridized carbons (Fsp3) is 0.200. The van der Waals surface area contributed by atoms with E-state index in [0.29, 0.717) is 16.5 Å². The number of hydrazone groups is 1. The van der Waals surface area contributed by atoms with Crippen LogP contribution in [0.2, 0.25) is 0 Å². The van der Waals surface area contributed by atoms with Crippen molar-refractivity contribution < 1.29 is 19.1 Å². The Hall–Kier alpha value is -3.13. The first-order valence-corrected chi connectivity index (χ1v) is 9.35. The lowest BCUT2D eigenvalue weighted by Gasteiger charge is -2.31. The highest BCUT2D eigenvalue weighted by Gasteiger charge is 2.43. The molecule has 8 heteroatoms. The van der Waals surface area contributed by atoms with Gasteiger partial charge in [-0.1, -0.05) is 42.1 Å². The number of thioether (sulfide) groups is 1. The van der Waals surface area contributed by atoms with Gasteiger partial charge in [-0.3, -0.25) is 9.59 Å². The van der Waals surface area contributed by atoms with Crippen molar-refractivity contribution >= 4 is 34.7 Å². The molecule has 0 unspecified atom stereocenters. The highest BCUT2D eigenvalue weighted by atomic mass is 32.2. The third kappa shape index (κ3) is 4.07. The van der Waals surface area contributed by atoms with E-state index >= 15 is 0 Å². The summed E-state index contributed by atoms with van der Waals surface area (Å²) >= 11 is 1.26. The summed E-state index contributed by atoms with van der Waals surface area (Å²) in [6.45, 7) is 4.63. The fourth-order valence-electron chi connectivity index (χ4n) is 2.76. The first kappa shape index (κ1) is 19.6. The summed E-state index contributed by atoms with van der Waals surface area (Å²) in [6.07, 6.45) is 0. The predicted molar refractivity (Wildman–Crippen MR) is 107 cm³/mol. The average Bonchev–Trinajstić information content (AvgIpc) is 3.00. The second-order valence-corrected chi connectivity index (χ2v) is 7.67. The van der Waals surface area contributed by atoms with Crippen LogP contribution in [0.3, 0.4) is 0 Å². The van der Waals surface area contributed by atoms with Crippen LogP contribution in [0.4, 0.5) is 0 Å². The minimum absolute atomic E-state index is 0.255. The quantitative estimate of drug-likeness (QED) is 0.635. The van der Waals surface area contributed by atoms with E-state index in [1.54, 1.807) is 48.5 Å². The maximum atomic E-state index is 12.2. The van der Waals surface area contributed by atoms with Crippen LogP contribution in [0.5, 0.6) is 5.75 Å². The van der Waals surface area contributed by atoms with Crippen LogP contribution in [-0.2, 0) is 14.5 Å². The van der Waals surface area contributed by atoms with Crippen LogP contribution in [-0.4, -0.2) is 28.0 Å². The summed E-state index contributed by atoms with van der Waals surface area (Å²) in [4.78, 5) is 34.7. The van der Waals surface area contributed by atoms with Crippen LogP contribution in [0.25, 0.3) is 0 Å². The predicted octanol–water partition coefficient (Wildman–Crippen LogP) is 3.08. The molecule has 3 rings (SSSR count). The van der Waals surface area contributed by atoms with Crippen molar-refractivity contribution in [3.63, 3.8) is 0 Å². The third-order valence-electron chi connectivity index (χ3n) is 4.08. The Morgan fingerprint density at radius 3 is 2.25 bits per heavy atom. The van der Waals surface area contributed by atoms with Crippen molar-refractivity contribution in [1.29, 1.82) is 0 Å². The van der Waals surface area contributed by atoms with Gasteiger partial charge in [0.1, 0.15) is 10.6 Å². The number of nitrogens with zero attached hydrogens (tertiary/aromatic N) is 2. The molecule has 2 aromatic rings. The van der Waals surface area contributed by atoms with Crippen molar-refractivity contribution in [3.8, 4) is 5.75 Å². The second-order valence-electron chi connectivity index (χ2n) is 6.28. The zero-order valence-electron chi connectivity index (χ0n) is 15.6. The standard InChI is InChI=1S/C20H19N3O4S/c1-13(24)21-19-22-23(14(2)25)20(3,28-19)16-9-11-17(12-10-16)27-18(26)15-7-5-4-6-8-15/h4-12H,1-3H3,(H,21,22,24)/t20-/m0/s1. The number of hydrogen-bond donors (Lipinski definition) is 1. The van der Waals surface area contributed by atoms with Gasteiger partial charge in [0.05, 0.1) is 5.56 Å². The van der Waals surface area contributed by atoms with Crippen molar-refractivity contribution in [2.75, 3.05) is 0 Å². The number of benzene rings is 2. The Labute approximate surface area is 166 Å². The SMILES string of the molecule is CC(=O)NC1=NN(C(C)=O)[C@](C)(c2ccc(OC(=O)c3ccccc3)cc2)S1. The van der Waals surface area contributed by atoms with Gasteiger partial charge >= 0.3 is 5.97 Å². The van der Waals surface area contributed by atoms with E-state index in [4.69, 9.17) is 4.74 Å². The molecular weight excluding hydrogens is 378 g/mol. The summed E-state index contributed by atoms with van der Waals surface area (Å²) in [6, 6.07) is 15.6. The molecule has 1 atom stereocenters. The molecule has 0 aromatic heterocycles. The molecule has 28 heavy (non-hydrogen) atoms. The van der Waals surface area contributed by atoms with Gasteiger partial charge in [0.25, 0.3) is 0 Å². The maximum Gasteiger partial charge on any atom is 0.343 e. The van der Waals surface area contributed by atoms with Crippen LogP contribution in [0.1, 0.15) is 36.7 Å². The lowest BCUT2D eigenvalue weighted by Crippen LogP contribution is -2.37. The molecule has 0 fully saturated rings. The highest BCUT2D eigenvalue weighted by Crippen LogP contribution is 2.45. The number of rotatable bonds is 3. The zero-order valence-corrected chi connectivity index (χ0v) is 16.4. The molecule has 1 aliphatic heterocycles. The number of carbonyl (C=O) groups is 3. The topological polar surface area (TPSA) is 88.1 Å². The van der Waals surface area contributed by atoms with Gasteiger partial charge in [-0.15, -0.1) is 5.10 Å². The fourth-order valence-corrected chi connectivity index (χ4v) is 3.97. The zero-order chi connectivity index (χ0) is 20.3. The van der Waals surface area contributed by atoms with Gasteiger partial charge < -0.3 is 10.1 Å². The number of esters is 1. The van der Waals surface area contributed by atoms with E-state index in [1.807, 2.05) is 13.0 Å². The summed E-state index contributed by atoms with van der Waals surface area (Å²) in [7, 11) is 0. The second kappa shape index (κ2) is 7.85. The Morgan fingerprint density at radius 1 is 1.04 bits per heavy atom. The van der Waals surface area contributed by atoms with E-state index in [1.165, 1.54) is 30.6 Å². The van der Waals surface area contributed by atoms with E-state index in [-0.39, 0.29) is 11.8 Å². The minimum Gasteiger partial charge on any atom is -0.423 e. The van der Waals surface area contributed by atoms with Gasteiger partial charge in [-0.05, 0) is 36.8 Å². The van der Waals surface area contributed by atoms with Crippen molar-refractivity contribution in [2.24, 2.45) is 5.10 Å². The Kier molecular flexibility index (Phi) is 5.51. The van der Waals surface area contributed by atoms with E-state index in [9.17, 15) is 14.4 Å². The highest BCUT2D eigenvalue weighted by molar-refractivity contribution is 8.14. The number of nitrogens with one attached hydrogen (secondary N) is 1. The molecule has 0 saturated heterocycles. The average molecular weight is 397 g/mol. The van der Waals surface area contributed by atoms with Gasteiger partial charge in [-0.25, -0.2) is 9.80 Å². The summed E-state index contributed by atoms with van der Waals surface area (Å²) in [5, 5.41) is 8.51. The summed E-state index contributed by atoms with van der Waals surface area (Å²) in [5.41, 5.74) is 1.23. The van der Waals surface area contributed by atoms with Gasteiger partial charge in [0.2, 0.25) is 11.8 Å². The number of amides is 2. The van der Waals surface area contributed by atoms with Crippen molar-refractivity contribution in [1.82, 2.24) is 10.3 Å². The Balaban J connectivity index is 1.79. The lowest BCUT2D eigenvalue weighted by atomic mass is 10.1. The molecular formula is C20H19N3O4S. The van der Waals surface area contributed by atoms with Gasteiger partial charge in [0, 0.05) is 13.8 Å². The Morgan fingerprint density at radius 2 is 1.68 bits per heavy atom.